The molecule has 5 amide bonds. The standard InChI is InChI=1S/C49H50ClF4N7O7/c1-47(2,3)21-38-48(24-56-34-20-37(49(52,53)54)55-22-31(34)48)40(30-6-5-7-32(50)41(30)51)42(58-38)44(64)57-33-11-8-25(19-36(33)67-4)45(65)60-16-14-27(15-17-60)68-28-9-10-29-26(18-28)23-61(46(29)66)35-12-13-39(62)59-43(35)63/h5-11,18-20,22,27,35,38,40,42,56,58H,12-17,21,23-24H2,1-4H3,(H,57,64)(H,59,62,63)/t35?,38-,40-,42+,48-/m0/s1. The van der Waals surface area contributed by atoms with Crippen LogP contribution >= 0.6 is 11.6 Å². The maximum Gasteiger partial charge on any atom is 0.433 e. The number of rotatable bonds is 9. The average Bonchev–Trinajstić information content (AvgIpc) is 3.94. The first-order chi connectivity index (χ1) is 32.2. The fourth-order valence-electron chi connectivity index (χ4n) is 10.6. The molecule has 5 aliphatic heterocycles. The summed E-state index contributed by atoms with van der Waals surface area (Å²) >= 11 is 6.36. The van der Waals surface area contributed by atoms with E-state index < -0.39 is 59.0 Å². The lowest BCUT2D eigenvalue weighted by atomic mass is 9.63. The molecule has 68 heavy (non-hydrogen) atoms. The van der Waals surface area contributed by atoms with E-state index in [9.17, 15) is 37.1 Å². The van der Waals surface area contributed by atoms with Gasteiger partial charge in [0.25, 0.3) is 11.8 Å². The van der Waals surface area contributed by atoms with Crippen LogP contribution in [-0.2, 0) is 32.5 Å². The van der Waals surface area contributed by atoms with Gasteiger partial charge in [-0.2, -0.15) is 13.2 Å². The van der Waals surface area contributed by atoms with Gasteiger partial charge in [0.2, 0.25) is 17.7 Å². The van der Waals surface area contributed by atoms with E-state index in [1.54, 1.807) is 41.3 Å². The van der Waals surface area contributed by atoms with Gasteiger partial charge in [-0.1, -0.05) is 44.5 Å². The van der Waals surface area contributed by atoms with Crippen molar-refractivity contribution < 1.29 is 51.0 Å². The van der Waals surface area contributed by atoms with Crippen molar-refractivity contribution in [2.45, 2.75) is 101 Å². The number of fused-ring (bicyclic) bond motifs is 3. The predicted octanol–water partition coefficient (Wildman–Crippen LogP) is 7.21. The van der Waals surface area contributed by atoms with Crippen molar-refractivity contribution in [2.75, 3.05) is 37.4 Å². The highest BCUT2D eigenvalue weighted by Gasteiger charge is 2.62. The number of pyridine rings is 1. The number of alkyl halides is 3. The summed E-state index contributed by atoms with van der Waals surface area (Å²) in [5.41, 5.74) is -0.113. The van der Waals surface area contributed by atoms with E-state index in [1.807, 2.05) is 20.8 Å². The lowest BCUT2D eigenvalue weighted by molar-refractivity contribution is -0.141. The quantitative estimate of drug-likeness (QED) is 0.0994. The van der Waals surface area contributed by atoms with E-state index in [4.69, 9.17) is 21.1 Å². The summed E-state index contributed by atoms with van der Waals surface area (Å²) in [6.07, 6.45) is -1.82. The summed E-state index contributed by atoms with van der Waals surface area (Å²) in [7, 11) is 1.40. The molecule has 4 aromatic rings. The zero-order chi connectivity index (χ0) is 48.4. The number of hydrogen-bond donors (Lipinski definition) is 4. The van der Waals surface area contributed by atoms with Crippen molar-refractivity contribution in [2.24, 2.45) is 5.41 Å². The number of likely N-dealkylation sites (tertiary alicyclic amines) is 1. The Kier molecular flexibility index (Phi) is 12.2. The van der Waals surface area contributed by atoms with E-state index in [2.05, 4.69) is 26.3 Å². The van der Waals surface area contributed by atoms with Gasteiger partial charge in [-0.25, -0.2) is 4.39 Å². The highest BCUT2D eigenvalue weighted by Crippen LogP contribution is 2.57. The van der Waals surface area contributed by atoms with Gasteiger partial charge in [0.1, 0.15) is 35.2 Å². The highest BCUT2D eigenvalue weighted by molar-refractivity contribution is 6.30. The monoisotopic (exact) mass is 959 g/mol. The minimum atomic E-state index is -4.71. The van der Waals surface area contributed by atoms with Crippen LogP contribution in [0.1, 0.15) is 102 Å². The Morgan fingerprint density at radius 1 is 1.00 bits per heavy atom. The molecule has 358 valence electrons. The van der Waals surface area contributed by atoms with Crippen molar-refractivity contribution in [3.8, 4) is 11.5 Å². The molecule has 1 unspecified atom stereocenters. The van der Waals surface area contributed by atoms with Crippen molar-refractivity contribution in [1.82, 2.24) is 25.4 Å². The molecule has 1 aromatic heterocycles. The van der Waals surface area contributed by atoms with Crippen LogP contribution in [0.3, 0.4) is 0 Å². The maximum absolute atomic E-state index is 16.3. The van der Waals surface area contributed by atoms with Gasteiger partial charge in [-0.05, 0) is 77.9 Å². The number of halogens is 5. The molecule has 6 heterocycles. The number of hydrogen-bond acceptors (Lipinski definition) is 10. The van der Waals surface area contributed by atoms with Gasteiger partial charge in [0.05, 0.1) is 23.9 Å². The minimum Gasteiger partial charge on any atom is -0.495 e. The summed E-state index contributed by atoms with van der Waals surface area (Å²) in [6.45, 7) is 7.08. The predicted molar refractivity (Wildman–Crippen MR) is 242 cm³/mol. The number of anilines is 2. The number of ether oxygens (including phenoxy) is 2. The number of amides is 5. The van der Waals surface area contributed by atoms with Crippen LogP contribution in [0.2, 0.25) is 5.02 Å². The summed E-state index contributed by atoms with van der Waals surface area (Å²) in [6, 6.07) is 12.9. The number of imide groups is 1. The number of nitrogens with zero attached hydrogens (tertiary/aromatic N) is 3. The summed E-state index contributed by atoms with van der Waals surface area (Å²) < 4.78 is 69.9. The van der Waals surface area contributed by atoms with Crippen molar-refractivity contribution in [3.05, 3.63) is 111 Å². The van der Waals surface area contributed by atoms with Crippen LogP contribution in [0.15, 0.2) is 66.9 Å². The first-order valence-corrected chi connectivity index (χ1v) is 22.9. The van der Waals surface area contributed by atoms with Crippen LogP contribution in [0, 0.1) is 11.2 Å². The number of aromatic nitrogens is 1. The molecular weight excluding hydrogens is 910 g/mol. The Balaban J connectivity index is 0.902. The number of methoxy groups -OCH3 is 1. The molecule has 0 bridgehead atoms. The van der Waals surface area contributed by atoms with Crippen LogP contribution in [0.4, 0.5) is 28.9 Å². The second-order valence-electron chi connectivity index (χ2n) is 19.3. The summed E-state index contributed by atoms with van der Waals surface area (Å²) in [5.74, 6) is -2.92. The Morgan fingerprint density at radius 2 is 1.76 bits per heavy atom. The van der Waals surface area contributed by atoms with Crippen LogP contribution in [0.25, 0.3) is 0 Å². The van der Waals surface area contributed by atoms with Crippen LogP contribution in [-0.4, -0.2) is 95.3 Å². The van der Waals surface area contributed by atoms with Gasteiger partial charge in [0.15, 0.2) is 0 Å². The lowest BCUT2D eigenvalue weighted by Gasteiger charge is -2.39. The van der Waals surface area contributed by atoms with E-state index in [-0.39, 0.29) is 82.9 Å². The number of carbonyl (C=O) groups is 5. The average molecular weight is 960 g/mol. The minimum absolute atomic E-state index is 0.0756. The SMILES string of the molecule is COc1cc(C(=O)N2CCC(Oc3ccc4c(c3)CN(C3CCC(=O)NC3=O)C4=O)CC2)ccc1NC(=O)[C@@H]1N[C@@H](CC(C)(C)C)[C@@]2(CNc3cc(C(F)(F)F)ncc32)[C@H]1c1cccc(Cl)c1F. The van der Waals surface area contributed by atoms with Crippen molar-refractivity contribution in [1.29, 1.82) is 0 Å². The third-order valence-electron chi connectivity index (χ3n) is 13.8. The highest BCUT2D eigenvalue weighted by atomic mass is 35.5. The molecule has 3 aromatic carbocycles. The molecule has 0 radical (unpaired) electrons. The first kappa shape index (κ1) is 46.8. The Morgan fingerprint density at radius 3 is 2.47 bits per heavy atom. The second-order valence-corrected chi connectivity index (χ2v) is 19.7. The van der Waals surface area contributed by atoms with Crippen LogP contribution in [0.5, 0.6) is 11.5 Å². The van der Waals surface area contributed by atoms with Gasteiger partial charge in [-0.3, -0.25) is 34.3 Å². The van der Waals surface area contributed by atoms with Gasteiger partial charge < -0.3 is 35.2 Å². The molecule has 3 saturated heterocycles. The number of piperidine rings is 2. The molecule has 0 aliphatic carbocycles. The molecule has 4 N–H and O–H groups in total. The second kappa shape index (κ2) is 17.7. The third-order valence-corrected chi connectivity index (χ3v) is 14.1. The number of carbonyl (C=O) groups excluding carboxylic acids is 5. The molecule has 14 nitrogen and oxygen atoms in total. The molecule has 1 spiro atoms. The van der Waals surface area contributed by atoms with E-state index >= 15 is 4.39 Å². The van der Waals surface area contributed by atoms with E-state index in [0.29, 0.717) is 54.8 Å². The van der Waals surface area contributed by atoms with E-state index in [1.165, 1.54) is 36.4 Å². The van der Waals surface area contributed by atoms with Crippen molar-refractivity contribution in [3.63, 3.8) is 0 Å². The molecule has 5 atom stereocenters. The van der Waals surface area contributed by atoms with E-state index in [0.717, 1.165) is 11.6 Å². The molecule has 5 aliphatic rings. The third kappa shape index (κ3) is 8.61. The maximum atomic E-state index is 16.3. The molecule has 9 rings (SSSR count). The fraction of sp³-hybridized carbons (Fsp3) is 0.429. The molecule has 19 heteroatoms. The van der Waals surface area contributed by atoms with Gasteiger partial charge >= 0.3 is 6.18 Å². The summed E-state index contributed by atoms with van der Waals surface area (Å²) in [4.78, 5) is 72.9. The Labute approximate surface area is 394 Å². The van der Waals surface area contributed by atoms with Crippen molar-refractivity contribution >= 4 is 52.5 Å². The molecule has 3 fully saturated rings. The normalized spacial score (nSPS) is 23.9. The smallest absolute Gasteiger partial charge is 0.433 e. The Hall–Kier alpha value is -6.27. The van der Waals surface area contributed by atoms with Gasteiger partial charge in [-0.15, -0.1) is 0 Å². The zero-order valence-electron chi connectivity index (χ0n) is 37.7. The molecular formula is C49H50ClF4N7O7. The molecule has 0 saturated carbocycles. The summed E-state index contributed by atoms with van der Waals surface area (Å²) in [5, 5.41) is 11.7. The first-order valence-electron chi connectivity index (χ1n) is 22.5. The largest absolute Gasteiger partial charge is 0.495 e. The van der Waals surface area contributed by atoms with Gasteiger partial charge in [0, 0.05) is 91.4 Å². The fourth-order valence-corrected chi connectivity index (χ4v) is 10.8. The Bertz CT molecular complexity index is 2720. The van der Waals surface area contributed by atoms with Crippen LogP contribution < -0.4 is 30.7 Å². The topological polar surface area (TPSA) is 171 Å². The number of nitrogens with one attached hydrogen (secondary N) is 4. The lowest BCUT2D eigenvalue weighted by Crippen LogP contribution is -2.52. The zero-order valence-corrected chi connectivity index (χ0v) is 38.4. The number of benzene rings is 3.